The Hall–Kier alpha value is -0.337. The second kappa shape index (κ2) is 22.6. The summed E-state index contributed by atoms with van der Waals surface area (Å²) in [6.07, 6.45) is 1.42. The molecule has 0 radical (unpaired) electrons. The number of nitriles is 1. The van der Waals surface area contributed by atoms with Crippen molar-refractivity contribution in [2.45, 2.75) is 0 Å². The molecule has 0 aromatic rings. The third-order valence-corrected chi connectivity index (χ3v) is 0.390. The van der Waals surface area contributed by atoms with Crippen molar-refractivity contribution in [3.8, 4) is 6.07 Å². The van der Waals surface area contributed by atoms with E-state index in [2.05, 4.69) is 13.2 Å². The number of rotatable bonds is 1. The van der Waals surface area contributed by atoms with Crippen LogP contribution in [-0.2, 0) is 15.1 Å². The van der Waals surface area contributed by atoms with Crippen LogP contribution in [0.5, 0.6) is 0 Å². The van der Waals surface area contributed by atoms with Gasteiger partial charge in [-0.2, -0.15) is 5.26 Å². The molecule has 0 heterocycles. The number of hydrogen-bond donors (Lipinski definition) is 0. The fraction of sp³-hybridized carbons (Fsp3) is 0. The zero-order valence-corrected chi connectivity index (χ0v) is 8.75. The van der Waals surface area contributed by atoms with Crippen molar-refractivity contribution in [1.29, 1.82) is 10.5 Å². The Kier molecular flexibility index (Phi) is 34.9. The van der Waals surface area contributed by atoms with Gasteiger partial charge in [-0.25, -0.2) is 0 Å². The number of halogens is 2. The van der Waals surface area contributed by atoms with Gasteiger partial charge in [0.25, 0.3) is 0 Å². The van der Waals surface area contributed by atoms with E-state index in [-0.39, 0.29) is 15.1 Å². The fourth-order valence-corrected chi connectivity index (χ4v) is 0.0456. The second-order valence-electron chi connectivity index (χ2n) is 0.892. The standard InChI is InChI=1S/C5H5N.CN.2ClH.Ru/c1-3-5(2)4-6;1-2;;;/h3H,1-2H2;;2*1H;/q;-1;;;+2/p-2. The van der Waals surface area contributed by atoms with Gasteiger partial charge in [0.1, 0.15) is 0 Å². The monoisotopic (exact) mass is 277 g/mol. The predicted octanol–water partition coefficient (Wildman–Crippen LogP) is 2.73. The molecule has 0 aliphatic carbocycles. The van der Waals surface area contributed by atoms with Crippen LogP contribution < -0.4 is 0 Å². The third-order valence-electron chi connectivity index (χ3n) is 0.390. The first-order chi connectivity index (χ1) is 5.22. The molecule has 0 spiro atoms. The van der Waals surface area contributed by atoms with Gasteiger partial charge < -0.3 is 11.8 Å². The Morgan fingerprint density at radius 1 is 1.55 bits per heavy atom. The molecule has 0 atom stereocenters. The molecule has 0 aliphatic heterocycles. The molecule has 0 unspecified atom stereocenters. The van der Waals surface area contributed by atoms with E-state index in [9.17, 15) is 0 Å². The molecule has 0 rings (SSSR count). The van der Waals surface area contributed by atoms with Crippen LogP contribution in [0.1, 0.15) is 0 Å². The van der Waals surface area contributed by atoms with Crippen molar-refractivity contribution in [3.63, 3.8) is 0 Å². The summed E-state index contributed by atoms with van der Waals surface area (Å²) in [5, 5.41) is 14.2. The van der Waals surface area contributed by atoms with Crippen molar-refractivity contribution in [1.82, 2.24) is 0 Å². The summed E-state index contributed by atoms with van der Waals surface area (Å²) in [4.78, 5) is 0. The molecule has 0 aliphatic rings. The molecule has 0 amide bonds. The summed E-state index contributed by atoms with van der Waals surface area (Å²) in [7, 11) is 9.71. The average Bonchev–Trinajstić information content (AvgIpc) is 2.08. The van der Waals surface area contributed by atoms with Crippen LogP contribution >= 0.6 is 19.4 Å². The van der Waals surface area contributed by atoms with Crippen molar-refractivity contribution < 1.29 is 15.1 Å². The Bertz CT molecular complexity index is 160. The molecule has 5 heteroatoms. The first-order valence-corrected chi connectivity index (χ1v) is 6.49. The van der Waals surface area contributed by atoms with Gasteiger partial charge in [0.15, 0.2) is 0 Å². The van der Waals surface area contributed by atoms with Crippen molar-refractivity contribution >= 4 is 19.4 Å². The van der Waals surface area contributed by atoms with Crippen LogP contribution in [0.4, 0.5) is 0 Å². The average molecular weight is 277 g/mol. The van der Waals surface area contributed by atoms with E-state index in [1.807, 2.05) is 0 Å². The minimum atomic E-state index is -0.346. The summed E-state index contributed by atoms with van der Waals surface area (Å²) >= 11 is -0.346. The number of hydrogen-bond acceptors (Lipinski definition) is 2. The van der Waals surface area contributed by atoms with Crippen LogP contribution in [0.3, 0.4) is 0 Å². The Morgan fingerprint density at radius 3 is 1.82 bits per heavy atom. The zero-order valence-electron chi connectivity index (χ0n) is 5.50. The molecular weight excluding hydrogens is 272 g/mol. The SMILES string of the molecule is C=CC(=C)C#N.[C-]#N.[Cl][Ru][Cl]. The molecule has 0 N–H and O–H groups in total. The molecule has 0 saturated heterocycles. The van der Waals surface area contributed by atoms with Gasteiger partial charge in [-0.1, -0.05) is 19.2 Å². The van der Waals surface area contributed by atoms with E-state index in [1.165, 1.54) is 6.08 Å². The van der Waals surface area contributed by atoms with Gasteiger partial charge in [-0.3, -0.25) is 0 Å². The van der Waals surface area contributed by atoms with E-state index in [4.69, 9.17) is 36.5 Å². The Labute approximate surface area is 82.4 Å². The van der Waals surface area contributed by atoms with Crippen LogP contribution in [0, 0.1) is 23.2 Å². The first-order valence-electron chi connectivity index (χ1n) is 2.01. The maximum atomic E-state index is 7.91. The Morgan fingerprint density at radius 2 is 1.82 bits per heavy atom. The van der Waals surface area contributed by atoms with Gasteiger partial charge in [0.2, 0.25) is 0 Å². The zero-order chi connectivity index (χ0) is 9.70. The van der Waals surface area contributed by atoms with Gasteiger partial charge in [-0.05, 0) is 0 Å². The van der Waals surface area contributed by atoms with E-state index in [0.717, 1.165) is 0 Å². The van der Waals surface area contributed by atoms with E-state index >= 15 is 0 Å². The van der Waals surface area contributed by atoms with Crippen LogP contribution in [-0.4, -0.2) is 0 Å². The van der Waals surface area contributed by atoms with Crippen molar-refractivity contribution in [3.05, 3.63) is 31.4 Å². The van der Waals surface area contributed by atoms with Gasteiger partial charge in [0.05, 0.1) is 6.07 Å². The minimum absolute atomic E-state index is 0.346. The summed E-state index contributed by atoms with van der Waals surface area (Å²) in [5.41, 5.74) is 0.412. The second-order valence-corrected chi connectivity index (χ2v) is 3.53. The molecule has 2 nitrogen and oxygen atoms in total. The fourth-order valence-electron chi connectivity index (χ4n) is 0.0456. The molecule has 0 saturated carbocycles. The molecule has 11 heavy (non-hydrogen) atoms. The van der Waals surface area contributed by atoms with Crippen LogP contribution in [0.25, 0.3) is 0 Å². The summed E-state index contributed by atoms with van der Waals surface area (Å²) in [6, 6.07) is 1.80. The maximum absolute atomic E-state index is 7.91. The Balaban J connectivity index is -0.000000109. The van der Waals surface area contributed by atoms with Gasteiger partial charge in [-0.15, -0.1) is 0 Å². The molecular formula is C6H5Cl2N2Ru-. The summed E-state index contributed by atoms with van der Waals surface area (Å²) in [6.45, 7) is 11.4. The molecule has 0 bridgehead atoms. The van der Waals surface area contributed by atoms with Crippen LogP contribution in [0.2, 0.25) is 0 Å². The van der Waals surface area contributed by atoms with Gasteiger partial charge >= 0.3 is 34.5 Å². The topological polar surface area (TPSA) is 47.6 Å². The normalized spacial score (nSPS) is 5.36. The van der Waals surface area contributed by atoms with Crippen molar-refractivity contribution in [2.24, 2.45) is 0 Å². The van der Waals surface area contributed by atoms with Crippen LogP contribution in [0.15, 0.2) is 24.8 Å². The van der Waals surface area contributed by atoms with E-state index < -0.39 is 0 Å². The third kappa shape index (κ3) is 42.3. The quantitative estimate of drug-likeness (QED) is 0.320. The predicted molar refractivity (Wildman–Crippen MR) is 41.6 cm³/mol. The van der Waals surface area contributed by atoms with E-state index in [1.54, 1.807) is 6.07 Å². The summed E-state index contributed by atoms with van der Waals surface area (Å²) < 4.78 is 0. The molecule has 0 fully saturated rings. The molecule has 62 valence electrons. The number of nitrogens with zero attached hydrogens (tertiary/aromatic N) is 2. The van der Waals surface area contributed by atoms with E-state index in [0.29, 0.717) is 5.57 Å². The molecule has 0 aromatic heterocycles. The number of allylic oxidation sites excluding steroid dienone is 2. The molecule has 0 aromatic carbocycles. The summed E-state index contributed by atoms with van der Waals surface area (Å²) in [5.74, 6) is 0. The first kappa shape index (κ1) is 17.0. The van der Waals surface area contributed by atoms with Gasteiger partial charge in [0, 0.05) is 5.57 Å². The van der Waals surface area contributed by atoms with Crippen molar-refractivity contribution in [2.75, 3.05) is 0 Å².